The van der Waals surface area contributed by atoms with Gasteiger partial charge in [0.1, 0.15) is 0 Å². The van der Waals surface area contributed by atoms with Gasteiger partial charge in [0.15, 0.2) is 11.6 Å². The number of hydrogen-bond acceptors (Lipinski definition) is 3. The Morgan fingerprint density at radius 1 is 1.05 bits per heavy atom. The first-order valence-corrected chi connectivity index (χ1v) is 7.03. The smallest absolute Gasteiger partial charge is 0.399 e. The van der Waals surface area contributed by atoms with Crippen molar-refractivity contribution in [3.05, 3.63) is 29.3 Å². The molecule has 1 fully saturated rings. The Kier molecular flexibility index (Phi) is 4.08. The van der Waals surface area contributed by atoms with Gasteiger partial charge in [-0.1, -0.05) is 6.07 Å². The van der Waals surface area contributed by atoms with Crippen molar-refractivity contribution in [1.29, 1.82) is 0 Å². The molecule has 1 aliphatic heterocycles. The van der Waals surface area contributed by atoms with E-state index < -0.39 is 35.9 Å². The summed E-state index contributed by atoms with van der Waals surface area (Å²) in [6, 6.07) is 2.58. The molecule has 0 saturated carbocycles. The summed E-state index contributed by atoms with van der Waals surface area (Å²) >= 11 is 0. The molecule has 2 rings (SSSR count). The molecule has 7 heteroatoms. The van der Waals surface area contributed by atoms with Crippen molar-refractivity contribution in [2.45, 2.75) is 38.9 Å². The van der Waals surface area contributed by atoms with Crippen molar-refractivity contribution < 1.29 is 22.9 Å². The number of amides is 1. The van der Waals surface area contributed by atoms with Crippen LogP contribution in [0.15, 0.2) is 12.1 Å². The SMILES string of the molecule is CN(C)C(=O)c1ccc(B2OC(C)(C)C(C)(C)O2)c(F)c1F. The van der Waals surface area contributed by atoms with E-state index in [1.54, 1.807) is 0 Å². The van der Waals surface area contributed by atoms with E-state index in [0.717, 1.165) is 0 Å². The second kappa shape index (κ2) is 5.31. The highest BCUT2D eigenvalue weighted by molar-refractivity contribution is 6.62. The van der Waals surface area contributed by atoms with E-state index in [1.165, 1.54) is 31.1 Å². The molecule has 120 valence electrons. The highest BCUT2D eigenvalue weighted by atomic mass is 19.2. The zero-order chi connectivity index (χ0) is 16.9. The second-order valence-electron chi connectivity index (χ2n) is 6.62. The summed E-state index contributed by atoms with van der Waals surface area (Å²) < 4.78 is 39.9. The molecule has 0 atom stereocenters. The largest absolute Gasteiger partial charge is 0.497 e. The molecule has 1 amide bonds. The van der Waals surface area contributed by atoms with Crippen molar-refractivity contribution in [2.24, 2.45) is 0 Å². The number of rotatable bonds is 2. The van der Waals surface area contributed by atoms with Crippen molar-refractivity contribution in [2.75, 3.05) is 14.1 Å². The third-order valence-corrected chi connectivity index (χ3v) is 4.26. The fraction of sp³-hybridized carbons (Fsp3) is 0.533. The molecular weight excluding hydrogens is 291 g/mol. The number of hydrogen-bond donors (Lipinski definition) is 0. The van der Waals surface area contributed by atoms with Gasteiger partial charge in [-0.15, -0.1) is 0 Å². The van der Waals surface area contributed by atoms with Gasteiger partial charge in [0.25, 0.3) is 5.91 Å². The first-order valence-electron chi connectivity index (χ1n) is 7.03. The van der Waals surface area contributed by atoms with Crippen LogP contribution in [0, 0.1) is 11.6 Å². The maximum absolute atomic E-state index is 14.3. The zero-order valence-electron chi connectivity index (χ0n) is 13.7. The van der Waals surface area contributed by atoms with Crippen LogP contribution in [0.1, 0.15) is 38.1 Å². The Morgan fingerprint density at radius 3 is 2.00 bits per heavy atom. The Hall–Kier alpha value is -1.47. The zero-order valence-corrected chi connectivity index (χ0v) is 13.7. The van der Waals surface area contributed by atoms with Crippen LogP contribution in [0.25, 0.3) is 0 Å². The Labute approximate surface area is 129 Å². The maximum atomic E-state index is 14.3. The molecule has 1 heterocycles. The molecule has 0 N–H and O–H groups in total. The van der Waals surface area contributed by atoms with E-state index in [4.69, 9.17) is 9.31 Å². The number of benzene rings is 1. The second-order valence-corrected chi connectivity index (χ2v) is 6.62. The minimum absolute atomic E-state index is 0.0496. The first kappa shape index (κ1) is 16.9. The van der Waals surface area contributed by atoms with E-state index in [2.05, 4.69) is 0 Å². The molecule has 0 spiro atoms. The van der Waals surface area contributed by atoms with Gasteiger partial charge < -0.3 is 14.2 Å². The van der Waals surface area contributed by atoms with Crippen molar-refractivity contribution in [3.8, 4) is 0 Å². The average Bonchev–Trinajstić information content (AvgIpc) is 2.60. The lowest BCUT2D eigenvalue weighted by atomic mass is 9.78. The summed E-state index contributed by atoms with van der Waals surface area (Å²) in [6.07, 6.45) is 0. The molecule has 1 saturated heterocycles. The van der Waals surface area contributed by atoms with Crippen molar-refractivity contribution in [3.63, 3.8) is 0 Å². The summed E-state index contributed by atoms with van der Waals surface area (Å²) in [6.45, 7) is 7.30. The number of nitrogens with zero attached hydrogens (tertiary/aromatic N) is 1. The maximum Gasteiger partial charge on any atom is 0.497 e. The summed E-state index contributed by atoms with van der Waals surface area (Å²) in [4.78, 5) is 13.0. The summed E-state index contributed by atoms with van der Waals surface area (Å²) in [5.74, 6) is -2.91. The van der Waals surface area contributed by atoms with E-state index in [0.29, 0.717) is 0 Å². The molecule has 0 radical (unpaired) electrons. The molecule has 22 heavy (non-hydrogen) atoms. The van der Waals surface area contributed by atoms with E-state index in [9.17, 15) is 13.6 Å². The van der Waals surface area contributed by atoms with Gasteiger partial charge in [-0.3, -0.25) is 4.79 Å². The third-order valence-electron chi connectivity index (χ3n) is 4.26. The Morgan fingerprint density at radius 2 is 1.55 bits per heavy atom. The summed E-state index contributed by atoms with van der Waals surface area (Å²) in [5, 5.41) is 0. The quantitative estimate of drug-likeness (QED) is 0.784. The van der Waals surface area contributed by atoms with Gasteiger partial charge in [0, 0.05) is 19.6 Å². The molecule has 0 bridgehead atoms. The van der Waals surface area contributed by atoms with Crippen LogP contribution in [0.4, 0.5) is 8.78 Å². The fourth-order valence-electron chi connectivity index (χ4n) is 2.12. The third kappa shape index (κ3) is 2.63. The highest BCUT2D eigenvalue weighted by Crippen LogP contribution is 2.36. The number of halogens is 2. The van der Waals surface area contributed by atoms with Crippen LogP contribution in [0.5, 0.6) is 0 Å². The molecule has 0 aliphatic carbocycles. The lowest BCUT2D eigenvalue weighted by molar-refractivity contribution is 0.00578. The van der Waals surface area contributed by atoms with Gasteiger partial charge in [0.05, 0.1) is 16.8 Å². The molecule has 0 aromatic heterocycles. The van der Waals surface area contributed by atoms with Gasteiger partial charge in [-0.25, -0.2) is 8.78 Å². The van der Waals surface area contributed by atoms with Gasteiger partial charge >= 0.3 is 7.12 Å². The molecule has 1 aliphatic rings. The van der Waals surface area contributed by atoms with E-state index in [1.807, 2.05) is 27.7 Å². The number of carbonyl (C=O) groups is 1. The van der Waals surface area contributed by atoms with Crippen LogP contribution in [0.3, 0.4) is 0 Å². The molecule has 4 nitrogen and oxygen atoms in total. The van der Waals surface area contributed by atoms with E-state index in [-0.39, 0.29) is 11.0 Å². The van der Waals surface area contributed by atoms with E-state index >= 15 is 0 Å². The normalized spacial score (nSPS) is 19.4. The van der Waals surface area contributed by atoms with Gasteiger partial charge in [-0.2, -0.15) is 0 Å². The average molecular weight is 311 g/mol. The Bertz CT molecular complexity index is 601. The molecule has 0 unspecified atom stereocenters. The predicted octanol–water partition coefficient (Wildman–Crippen LogP) is 1.97. The van der Waals surface area contributed by atoms with Gasteiger partial charge in [-0.05, 0) is 33.8 Å². The standard InChI is InChI=1S/C15H20BF2NO3/c1-14(2)15(3,4)22-16(21-14)10-8-7-9(11(17)12(10)18)13(20)19(5)6/h7-8H,1-6H3. The van der Waals surface area contributed by atoms with Crippen LogP contribution >= 0.6 is 0 Å². The minimum Gasteiger partial charge on any atom is -0.399 e. The molecule has 1 aromatic rings. The fourth-order valence-corrected chi connectivity index (χ4v) is 2.12. The van der Waals surface area contributed by atoms with Crippen LogP contribution in [0.2, 0.25) is 0 Å². The highest BCUT2D eigenvalue weighted by Gasteiger charge is 2.52. The van der Waals surface area contributed by atoms with Crippen LogP contribution < -0.4 is 5.46 Å². The van der Waals surface area contributed by atoms with Crippen molar-refractivity contribution >= 4 is 18.5 Å². The lowest BCUT2D eigenvalue weighted by Crippen LogP contribution is -2.41. The Balaban J connectivity index is 2.40. The predicted molar refractivity (Wildman–Crippen MR) is 80.1 cm³/mol. The summed E-state index contributed by atoms with van der Waals surface area (Å²) in [7, 11) is 1.94. The lowest BCUT2D eigenvalue weighted by Gasteiger charge is -2.32. The topological polar surface area (TPSA) is 38.8 Å². The monoisotopic (exact) mass is 311 g/mol. The summed E-state index contributed by atoms with van der Waals surface area (Å²) in [5.41, 5.74) is -1.67. The van der Waals surface area contributed by atoms with Crippen LogP contribution in [-0.2, 0) is 9.31 Å². The molecule has 1 aromatic carbocycles. The van der Waals surface area contributed by atoms with Crippen molar-refractivity contribution in [1.82, 2.24) is 4.90 Å². The van der Waals surface area contributed by atoms with Crippen LogP contribution in [-0.4, -0.2) is 43.2 Å². The van der Waals surface area contributed by atoms with Gasteiger partial charge in [0.2, 0.25) is 0 Å². The molecular formula is C15H20BF2NO3. The minimum atomic E-state index is -1.19. The number of carbonyl (C=O) groups excluding carboxylic acids is 1. The first-order chi connectivity index (χ1) is 9.98.